The number of hydrogen-bond donors (Lipinski definition) is 1. The van der Waals surface area contributed by atoms with E-state index in [2.05, 4.69) is 9.80 Å². The predicted molar refractivity (Wildman–Crippen MR) is 192 cm³/mol. The summed E-state index contributed by atoms with van der Waals surface area (Å²) < 4.78 is 36.6. The van der Waals surface area contributed by atoms with Crippen molar-refractivity contribution in [2.45, 2.75) is 17.7 Å². The number of carboxylic acids is 1. The molecule has 0 radical (unpaired) electrons. The van der Waals surface area contributed by atoms with Crippen LogP contribution in [0.15, 0.2) is 131 Å². The van der Waals surface area contributed by atoms with Gasteiger partial charge in [-0.1, -0.05) is 54.6 Å². The number of fused-ring (bicyclic) bond motifs is 2. The van der Waals surface area contributed by atoms with Gasteiger partial charge >= 0.3 is 17.1 Å². The molecular weight excluding hydrogens is 623 g/mol. The van der Waals surface area contributed by atoms with Gasteiger partial charge in [0, 0.05) is 49.7 Å². The third-order valence-corrected chi connectivity index (χ3v) is 11.3. The fourth-order valence-corrected chi connectivity index (χ4v) is 8.22. The molecule has 0 amide bonds. The van der Waals surface area contributed by atoms with Crippen LogP contribution in [0.5, 0.6) is 0 Å². The van der Waals surface area contributed by atoms with E-state index in [4.69, 9.17) is 4.42 Å². The van der Waals surface area contributed by atoms with Crippen LogP contribution in [0.2, 0.25) is 0 Å². The van der Waals surface area contributed by atoms with Gasteiger partial charge in [0.2, 0.25) is 10.0 Å². The normalized spacial score (nSPS) is 14.3. The molecule has 0 unspecified atom stereocenters. The van der Waals surface area contributed by atoms with Gasteiger partial charge in [-0.25, -0.2) is 12.8 Å². The van der Waals surface area contributed by atoms with Gasteiger partial charge in [0.25, 0.3) is 0 Å². The van der Waals surface area contributed by atoms with Crippen LogP contribution in [0.3, 0.4) is 0 Å². The Bertz CT molecular complexity index is 2130. The zero-order chi connectivity index (χ0) is 33.4. The van der Waals surface area contributed by atoms with Crippen molar-refractivity contribution in [2.75, 3.05) is 37.0 Å². The van der Waals surface area contributed by atoms with E-state index in [1.54, 1.807) is 12.1 Å². The summed E-state index contributed by atoms with van der Waals surface area (Å²) in [5.74, 6) is -1.42. The molecule has 1 fully saturated rings. The first-order valence-corrected chi connectivity index (χ1v) is 17.4. The van der Waals surface area contributed by atoms with Crippen LogP contribution in [0.4, 0.5) is 22.7 Å². The minimum atomic E-state index is -3.95. The maximum Gasteiger partial charge on any atom is 0.363 e. The molecule has 1 saturated heterocycles. The highest BCUT2D eigenvalue weighted by molar-refractivity contribution is 7.89. The number of para-hydroxylation sites is 2. The second kappa shape index (κ2) is 12.7. The highest BCUT2D eigenvalue weighted by atomic mass is 32.2. The first-order chi connectivity index (χ1) is 23.2. The van der Waals surface area contributed by atoms with Crippen molar-refractivity contribution in [3.05, 3.63) is 121 Å². The van der Waals surface area contributed by atoms with E-state index in [1.807, 2.05) is 123 Å². The Kier molecular flexibility index (Phi) is 8.33. The Labute approximate surface area is 280 Å². The first kappa shape index (κ1) is 31.4. The lowest BCUT2D eigenvalue weighted by Crippen LogP contribution is -2.40. The summed E-state index contributed by atoms with van der Waals surface area (Å²) in [5.41, 5.74) is 6.44. The zero-order valence-electron chi connectivity index (χ0n) is 26.8. The molecule has 1 N–H and O–H groups in total. The topological polar surface area (TPSA) is 92.5 Å². The molecule has 0 atom stereocenters. The summed E-state index contributed by atoms with van der Waals surface area (Å²) in [6.07, 6.45) is 0.560. The van der Waals surface area contributed by atoms with E-state index in [-0.39, 0.29) is 30.8 Å². The van der Waals surface area contributed by atoms with Crippen LogP contribution in [0.1, 0.15) is 12.8 Å². The molecule has 1 aromatic heterocycles. The van der Waals surface area contributed by atoms with Crippen molar-refractivity contribution in [2.24, 2.45) is 5.92 Å². The molecule has 0 saturated carbocycles. The largest absolute Gasteiger partial charge is 0.481 e. The molecule has 0 aliphatic carbocycles. The quantitative estimate of drug-likeness (QED) is 0.129. The van der Waals surface area contributed by atoms with E-state index in [9.17, 15) is 18.3 Å². The highest BCUT2D eigenvalue weighted by Gasteiger charge is 2.34. The molecule has 5 aromatic carbocycles. The summed E-state index contributed by atoms with van der Waals surface area (Å²) in [7, 11) is 0.0524. The Morgan fingerprint density at radius 1 is 0.688 bits per heavy atom. The van der Waals surface area contributed by atoms with Crippen molar-refractivity contribution in [3.63, 3.8) is 0 Å². The molecule has 0 bridgehead atoms. The lowest BCUT2D eigenvalue weighted by molar-refractivity contribution is -0.142. The van der Waals surface area contributed by atoms with Gasteiger partial charge in [-0.2, -0.15) is 4.31 Å². The molecular formula is C39H36N3O5S+. The summed E-state index contributed by atoms with van der Waals surface area (Å²) in [6, 6.07) is 39.2. The molecule has 2 heterocycles. The third-order valence-electron chi connectivity index (χ3n) is 9.33. The van der Waals surface area contributed by atoms with Gasteiger partial charge in [-0.3, -0.25) is 4.79 Å². The second-order valence-electron chi connectivity index (χ2n) is 12.1. The monoisotopic (exact) mass is 658 g/mol. The molecule has 0 spiro atoms. The number of piperidine rings is 1. The summed E-state index contributed by atoms with van der Waals surface area (Å²) in [6.45, 7) is 0.313. The lowest BCUT2D eigenvalue weighted by Gasteiger charge is -2.30. The number of anilines is 4. The van der Waals surface area contributed by atoms with Crippen molar-refractivity contribution in [1.29, 1.82) is 0 Å². The summed E-state index contributed by atoms with van der Waals surface area (Å²) in [5, 5.41) is 11.1. The summed E-state index contributed by atoms with van der Waals surface area (Å²) >= 11 is 0. The fourth-order valence-electron chi connectivity index (χ4n) is 6.56. The fraction of sp³-hybridized carbons (Fsp3) is 0.179. The number of sulfonamides is 1. The SMILES string of the molecule is CN(c1ccccc1)c1ccc2c(-c3ccccc3S(=O)(=O)N3CCC(C(=O)O)CC3)c3ccc(N(C)c4ccccc4)cc3[o+]c2c1. The van der Waals surface area contributed by atoms with E-state index in [1.165, 1.54) is 4.31 Å². The number of carboxylic acid groups (broad SMARTS) is 1. The number of hydrogen-bond acceptors (Lipinski definition) is 5. The van der Waals surface area contributed by atoms with Crippen LogP contribution in [-0.2, 0) is 14.8 Å². The van der Waals surface area contributed by atoms with Crippen molar-refractivity contribution < 1.29 is 22.7 Å². The van der Waals surface area contributed by atoms with Crippen LogP contribution in [-0.4, -0.2) is 51.0 Å². The molecule has 6 aromatic rings. The Balaban J connectivity index is 1.42. The van der Waals surface area contributed by atoms with E-state index < -0.39 is 21.9 Å². The molecule has 242 valence electrons. The van der Waals surface area contributed by atoms with Gasteiger partial charge < -0.3 is 14.9 Å². The highest BCUT2D eigenvalue weighted by Crippen LogP contribution is 2.43. The number of rotatable bonds is 8. The average Bonchev–Trinajstić information content (AvgIpc) is 3.13. The molecule has 48 heavy (non-hydrogen) atoms. The number of aliphatic carboxylic acids is 1. The number of carbonyl (C=O) groups is 1. The lowest BCUT2D eigenvalue weighted by atomic mass is 9.96. The third kappa shape index (κ3) is 5.76. The minimum Gasteiger partial charge on any atom is -0.481 e. The van der Waals surface area contributed by atoms with Gasteiger partial charge in [-0.15, -0.1) is 0 Å². The Morgan fingerprint density at radius 3 is 1.67 bits per heavy atom. The Morgan fingerprint density at radius 2 is 1.17 bits per heavy atom. The van der Waals surface area contributed by atoms with Crippen LogP contribution >= 0.6 is 0 Å². The predicted octanol–water partition coefficient (Wildman–Crippen LogP) is 8.56. The molecule has 7 rings (SSSR count). The molecule has 9 heteroatoms. The standard InChI is InChI=1S/C39H35N3O5S/c1-40(28-11-5-3-6-12-28)30-17-19-32-35(25-30)47-36-26-31(41(2)29-13-7-4-8-14-29)18-20-33(36)38(32)34-15-9-10-16-37(34)48(45,46)42-23-21-27(22-24-42)39(43)44/h3-20,25-27H,21-24H2,1-2H3/p+1. The molecule has 1 aliphatic rings. The van der Waals surface area contributed by atoms with Gasteiger partial charge in [0.15, 0.2) is 0 Å². The summed E-state index contributed by atoms with van der Waals surface area (Å²) in [4.78, 5) is 15.9. The minimum absolute atomic E-state index is 0.156. The van der Waals surface area contributed by atoms with Gasteiger partial charge in [-0.05, 0) is 67.4 Å². The maximum absolute atomic E-state index is 14.3. The van der Waals surface area contributed by atoms with Crippen LogP contribution in [0.25, 0.3) is 33.1 Å². The number of nitrogens with zero attached hydrogens (tertiary/aromatic N) is 3. The zero-order valence-corrected chi connectivity index (χ0v) is 27.6. The Hall–Kier alpha value is -5.25. The van der Waals surface area contributed by atoms with Crippen LogP contribution < -0.4 is 9.80 Å². The van der Waals surface area contributed by atoms with Crippen LogP contribution in [0, 0.1) is 5.92 Å². The average molecular weight is 659 g/mol. The smallest absolute Gasteiger partial charge is 0.363 e. The second-order valence-corrected chi connectivity index (χ2v) is 14.0. The van der Waals surface area contributed by atoms with Gasteiger partial charge in [0.05, 0.1) is 45.1 Å². The maximum atomic E-state index is 14.3. The first-order valence-electron chi connectivity index (χ1n) is 16.0. The molecule has 1 aliphatic heterocycles. The number of benzene rings is 5. The van der Waals surface area contributed by atoms with E-state index >= 15 is 0 Å². The van der Waals surface area contributed by atoms with Crippen molar-refractivity contribution in [1.82, 2.24) is 4.31 Å². The molecule has 8 nitrogen and oxygen atoms in total. The van der Waals surface area contributed by atoms with Crippen molar-refractivity contribution >= 4 is 60.7 Å². The van der Waals surface area contributed by atoms with E-state index in [0.717, 1.165) is 39.1 Å². The van der Waals surface area contributed by atoms with E-state index in [0.29, 0.717) is 16.7 Å². The van der Waals surface area contributed by atoms with Gasteiger partial charge in [0.1, 0.15) is 0 Å². The van der Waals surface area contributed by atoms with Crippen molar-refractivity contribution in [3.8, 4) is 11.1 Å².